The van der Waals surface area contributed by atoms with Crippen molar-refractivity contribution in [3.63, 3.8) is 0 Å². The van der Waals surface area contributed by atoms with Gasteiger partial charge >= 0.3 is 0 Å². The first-order valence-corrected chi connectivity index (χ1v) is 13.1. The second-order valence-electron chi connectivity index (χ2n) is 9.86. The molecule has 1 heteroatoms. The number of benzene rings is 6. The fraction of sp³-hybridized carbons (Fsp3) is 0.0270. The fourth-order valence-electron chi connectivity index (χ4n) is 6.08. The first-order chi connectivity index (χ1) is 18.8. The zero-order valence-electron chi connectivity index (χ0n) is 21.0. The molecule has 7 rings (SSSR count). The van der Waals surface area contributed by atoms with Gasteiger partial charge in [0.1, 0.15) is 0 Å². The number of rotatable bonds is 5. The van der Waals surface area contributed by atoms with Gasteiger partial charge in [0.05, 0.1) is 5.41 Å². The smallest absolute Gasteiger partial charge is 0.0713 e. The molecule has 0 amide bonds. The molecule has 0 unspecified atom stereocenters. The van der Waals surface area contributed by atoms with Crippen molar-refractivity contribution in [3.8, 4) is 22.3 Å². The quantitative estimate of drug-likeness (QED) is 0.256. The summed E-state index contributed by atoms with van der Waals surface area (Å²) in [5.41, 5.74) is 12.1. The predicted octanol–water partition coefficient (Wildman–Crippen LogP) is 9.46. The Labute approximate surface area is 224 Å². The van der Waals surface area contributed by atoms with Crippen LogP contribution in [0.25, 0.3) is 22.3 Å². The molecule has 1 aliphatic carbocycles. The van der Waals surface area contributed by atoms with Crippen LogP contribution in [0.4, 0.5) is 11.4 Å². The molecule has 6 aromatic carbocycles. The van der Waals surface area contributed by atoms with Crippen molar-refractivity contribution in [2.75, 3.05) is 5.32 Å². The van der Waals surface area contributed by atoms with Crippen molar-refractivity contribution in [2.24, 2.45) is 0 Å². The van der Waals surface area contributed by atoms with Crippen LogP contribution < -0.4 is 5.32 Å². The van der Waals surface area contributed by atoms with Crippen LogP contribution in [0, 0.1) is 0 Å². The van der Waals surface area contributed by atoms with Crippen molar-refractivity contribution in [1.29, 1.82) is 0 Å². The summed E-state index contributed by atoms with van der Waals surface area (Å²) in [4.78, 5) is 0. The molecule has 6 aromatic rings. The predicted molar refractivity (Wildman–Crippen MR) is 159 cm³/mol. The van der Waals surface area contributed by atoms with Gasteiger partial charge in [0, 0.05) is 11.4 Å². The second kappa shape index (κ2) is 9.21. The molecule has 0 atom stereocenters. The maximum Gasteiger partial charge on any atom is 0.0713 e. The molecule has 0 heterocycles. The largest absolute Gasteiger partial charge is 0.356 e. The van der Waals surface area contributed by atoms with Gasteiger partial charge in [0.2, 0.25) is 0 Å². The molecule has 180 valence electrons. The van der Waals surface area contributed by atoms with Crippen LogP contribution in [-0.4, -0.2) is 0 Å². The Balaban J connectivity index is 1.37. The zero-order chi connectivity index (χ0) is 25.4. The maximum absolute atomic E-state index is 3.49. The molecular formula is C37H27N. The summed E-state index contributed by atoms with van der Waals surface area (Å²) in [6.45, 7) is 0. The SMILES string of the molecule is c1ccc(Nc2ccc(-c3cccc(C4(c5ccccc5)c5ccccc5-c5ccccc54)c3)cc2)cc1. The Hall–Kier alpha value is -4.88. The topological polar surface area (TPSA) is 12.0 Å². The van der Waals surface area contributed by atoms with Crippen molar-refractivity contribution < 1.29 is 0 Å². The van der Waals surface area contributed by atoms with Gasteiger partial charge < -0.3 is 5.32 Å². The number of nitrogens with one attached hydrogen (secondary N) is 1. The molecule has 1 N–H and O–H groups in total. The monoisotopic (exact) mass is 485 g/mol. The van der Waals surface area contributed by atoms with Crippen LogP contribution in [0.3, 0.4) is 0 Å². The van der Waals surface area contributed by atoms with E-state index in [0.717, 1.165) is 11.4 Å². The second-order valence-corrected chi connectivity index (χ2v) is 9.86. The third-order valence-electron chi connectivity index (χ3n) is 7.74. The summed E-state index contributed by atoms with van der Waals surface area (Å²) >= 11 is 0. The Kier molecular flexibility index (Phi) is 5.41. The molecular weight excluding hydrogens is 458 g/mol. The summed E-state index contributed by atoms with van der Waals surface area (Å²) in [5.74, 6) is 0. The summed E-state index contributed by atoms with van der Waals surface area (Å²) in [6.07, 6.45) is 0. The van der Waals surface area contributed by atoms with Crippen LogP contribution in [0.1, 0.15) is 22.3 Å². The van der Waals surface area contributed by atoms with Gasteiger partial charge in [-0.25, -0.2) is 0 Å². The summed E-state index contributed by atoms with van der Waals surface area (Å²) in [5, 5.41) is 3.49. The van der Waals surface area contributed by atoms with Crippen molar-refractivity contribution in [1.82, 2.24) is 0 Å². The van der Waals surface area contributed by atoms with E-state index in [4.69, 9.17) is 0 Å². The highest BCUT2D eigenvalue weighted by molar-refractivity contribution is 5.86. The molecule has 1 nitrogen and oxygen atoms in total. The van der Waals surface area contributed by atoms with Gasteiger partial charge in [-0.3, -0.25) is 0 Å². The highest BCUT2D eigenvalue weighted by Gasteiger charge is 2.45. The molecule has 0 spiro atoms. The van der Waals surface area contributed by atoms with Crippen molar-refractivity contribution in [3.05, 3.63) is 180 Å². The lowest BCUT2D eigenvalue weighted by Gasteiger charge is -2.34. The van der Waals surface area contributed by atoms with E-state index >= 15 is 0 Å². The number of hydrogen-bond acceptors (Lipinski definition) is 1. The lowest BCUT2D eigenvalue weighted by atomic mass is 9.67. The first-order valence-electron chi connectivity index (χ1n) is 13.1. The van der Waals surface area contributed by atoms with Crippen molar-refractivity contribution in [2.45, 2.75) is 5.41 Å². The highest BCUT2D eigenvalue weighted by atomic mass is 14.9. The highest BCUT2D eigenvalue weighted by Crippen LogP contribution is 2.56. The average molecular weight is 486 g/mol. The summed E-state index contributed by atoms with van der Waals surface area (Å²) in [7, 11) is 0. The fourth-order valence-corrected chi connectivity index (χ4v) is 6.08. The molecule has 0 saturated carbocycles. The van der Waals surface area contributed by atoms with E-state index in [1.807, 2.05) is 18.2 Å². The lowest BCUT2D eigenvalue weighted by molar-refractivity contribution is 0.769. The van der Waals surface area contributed by atoms with E-state index < -0.39 is 0 Å². The van der Waals surface area contributed by atoms with Gasteiger partial charge in [0.25, 0.3) is 0 Å². The molecule has 0 aliphatic heterocycles. The maximum atomic E-state index is 3.49. The van der Waals surface area contributed by atoms with Crippen LogP contribution in [0.5, 0.6) is 0 Å². The number of fused-ring (bicyclic) bond motifs is 3. The van der Waals surface area contributed by atoms with E-state index in [1.54, 1.807) is 0 Å². The molecule has 0 aromatic heterocycles. The number of anilines is 2. The van der Waals surface area contributed by atoms with E-state index in [0.29, 0.717) is 0 Å². The first kappa shape index (κ1) is 22.3. The number of para-hydroxylation sites is 1. The molecule has 0 radical (unpaired) electrons. The zero-order valence-corrected chi connectivity index (χ0v) is 21.0. The van der Waals surface area contributed by atoms with Gasteiger partial charge in [0.15, 0.2) is 0 Å². The van der Waals surface area contributed by atoms with Crippen LogP contribution in [0.2, 0.25) is 0 Å². The standard InChI is InChI=1S/C37H27N/c1-3-13-29(14-4-1)37(35-20-9-7-18-33(35)34-19-8-10-21-36(34)37)30-15-11-12-28(26-30)27-22-24-32(25-23-27)38-31-16-5-2-6-17-31/h1-26,38H. The van der Waals surface area contributed by atoms with E-state index in [1.165, 1.54) is 44.5 Å². The molecule has 1 aliphatic rings. The minimum absolute atomic E-state index is 0.376. The molecule has 0 bridgehead atoms. The average Bonchev–Trinajstić information content (AvgIpc) is 3.30. The minimum atomic E-state index is -0.376. The Bertz CT molecular complexity index is 1670. The van der Waals surface area contributed by atoms with Gasteiger partial charge in [-0.15, -0.1) is 0 Å². The summed E-state index contributed by atoms with van der Waals surface area (Å²) < 4.78 is 0. The van der Waals surface area contributed by atoms with Crippen LogP contribution in [-0.2, 0) is 5.41 Å². The minimum Gasteiger partial charge on any atom is -0.356 e. The van der Waals surface area contributed by atoms with Crippen LogP contribution in [0.15, 0.2) is 158 Å². The van der Waals surface area contributed by atoms with E-state index in [9.17, 15) is 0 Å². The lowest BCUT2D eigenvalue weighted by Crippen LogP contribution is -2.28. The van der Waals surface area contributed by atoms with Crippen LogP contribution >= 0.6 is 0 Å². The molecule has 38 heavy (non-hydrogen) atoms. The molecule has 0 saturated heterocycles. The molecule has 0 fully saturated rings. The van der Waals surface area contributed by atoms with Crippen molar-refractivity contribution >= 4 is 11.4 Å². The summed E-state index contributed by atoms with van der Waals surface area (Å²) in [6, 6.07) is 56.8. The van der Waals surface area contributed by atoms with Gasteiger partial charge in [-0.1, -0.05) is 127 Å². The van der Waals surface area contributed by atoms with E-state index in [2.05, 4.69) is 145 Å². The third-order valence-corrected chi connectivity index (χ3v) is 7.74. The Morgan fingerprint density at radius 2 is 0.895 bits per heavy atom. The third kappa shape index (κ3) is 3.55. The number of hydrogen-bond donors (Lipinski definition) is 1. The normalized spacial score (nSPS) is 12.9. The Morgan fingerprint density at radius 1 is 0.368 bits per heavy atom. The van der Waals surface area contributed by atoms with Gasteiger partial charge in [-0.05, 0) is 74.8 Å². The van der Waals surface area contributed by atoms with Gasteiger partial charge in [-0.2, -0.15) is 0 Å². The van der Waals surface area contributed by atoms with E-state index in [-0.39, 0.29) is 5.41 Å². The Morgan fingerprint density at radius 3 is 1.55 bits per heavy atom.